The normalized spacial score (nSPS) is 11.3. The highest BCUT2D eigenvalue weighted by Gasteiger charge is 2.08. The van der Waals surface area contributed by atoms with Crippen LogP contribution in [0.3, 0.4) is 0 Å². The highest BCUT2D eigenvalue weighted by molar-refractivity contribution is 14.1. The molecule has 15 heavy (non-hydrogen) atoms. The monoisotopic (exact) mass is 329 g/mol. The van der Waals surface area contributed by atoms with E-state index in [2.05, 4.69) is 43.6 Å². The van der Waals surface area contributed by atoms with E-state index in [-0.39, 0.29) is 0 Å². The van der Waals surface area contributed by atoms with Gasteiger partial charge in [-0.25, -0.2) is 9.97 Å². The van der Waals surface area contributed by atoms with Gasteiger partial charge in [-0.1, -0.05) is 11.6 Å². The molecule has 74 valence electrons. The lowest BCUT2D eigenvalue weighted by atomic mass is 10.2. The van der Waals surface area contributed by atoms with Crippen molar-refractivity contribution >= 4 is 56.1 Å². The Kier molecular flexibility index (Phi) is 2.07. The third-order valence-electron chi connectivity index (χ3n) is 2.30. The van der Waals surface area contributed by atoms with Crippen molar-refractivity contribution in [3.63, 3.8) is 0 Å². The molecular formula is C10H5ClIN3. The van der Waals surface area contributed by atoms with Crippen LogP contribution in [0.1, 0.15) is 0 Å². The fourth-order valence-corrected chi connectivity index (χ4v) is 2.31. The zero-order chi connectivity index (χ0) is 10.4. The van der Waals surface area contributed by atoms with Gasteiger partial charge in [0.2, 0.25) is 0 Å². The van der Waals surface area contributed by atoms with Crippen LogP contribution in [0.5, 0.6) is 0 Å². The fraction of sp³-hybridized carbons (Fsp3) is 0. The van der Waals surface area contributed by atoms with E-state index in [0.717, 1.165) is 21.9 Å². The number of benzene rings is 1. The van der Waals surface area contributed by atoms with Crippen LogP contribution in [0.15, 0.2) is 24.5 Å². The van der Waals surface area contributed by atoms with Crippen molar-refractivity contribution in [1.82, 2.24) is 15.0 Å². The van der Waals surface area contributed by atoms with Crippen LogP contribution in [0, 0.1) is 3.57 Å². The second kappa shape index (κ2) is 3.31. The average molecular weight is 330 g/mol. The Morgan fingerprint density at radius 2 is 2.13 bits per heavy atom. The first-order chi connectivity index (χ1) is 7.25. The third-order valence-corrected chi connectivity index (χ3v) is 3.25. The number of rotatable bonds is 0. The van der Waals surface area contributed by atoms with Gasteiger partial charge in [-0.3, -0.25) is 0 Å². The molecule has 0 unspecified atom stereocenters. The van der Waals surface area contributed by atoms with E-state index in [1.165, 1.54) is 9.90 Å². The largest absolute Gasteiger partial charge is 0.351 e. The van der Waals surface area contributed by atoms with Gasteiger partial charge in [0, 0.05) is 14.5 Å². The Hall–Kier alpha value is -0.880. The molecule has 0 fully saturated rings. The van der Waals surface area contributed by atoms with Crippen LogP contribution in [0.2, 0.25) is 5.15 Å². The third kappa shape index (κ3) is 1.39. The van der Waals surface area contributed by atoms with Gasteiger partial charge in [0.05, 0.1) is 0 Å². The Bertz CT molecular complexity index is 662. The lowest BCUT2D eigenvalue weighted by Crippen LogP contribution is -1.80. The van der Waals surface area contributed by atoms with E-state index in [0.29, 0.717) is 5.15 Å². The molecule has 0 aliphatic rings. The van der Waals surface area contributed by atoms with E-state index >= 15 is 0 Å². The van der Waals surface area contributed by atoms with Crippen molar-refractivity contribution in [2.24, 2.45) is 0 Å². The number of hydrogen-bond acceptors (Lipinski definition) is 2. The predicted molar refractivity (Wildman–Crippen MR) is 69.1 cm³/mol. The SMILES string of the molecule is Clc1ncnc2c1[nH]c1ccc(I)cc12. The lowest BCUT2D eigenvalue weighted by molar-refractivity contribution is 1.22. The molecule has 1 N–H and O–H groups in total. The summed E-state index contributed by atoms with van der Waals surface area (Å²) in [7, 11) is 0. The molecule has 2 aromatic heterocycles. The molecule has 3 rings (SSSR count). The molecule has 0 amide bonds. The summed E-state index contributed by atoms with van der Waals surface area (Å²) >= 11 is 8.26. The molecule has 1 aromatic carbocycles. The number of nitrogens with zero attached hydrogens (tertiary/aromatic N) is 2. The van der Waals surface area contributed by atoms with E-state index in [9.17, 15) is 0 Å². The van der Waals surface area contributed by atoms with Gasteiger partial charge < -0.3 is 4.98 Å². The first-order valence-electron chi connectivity index (χ1n) is 4.33. The maximum Gasteiger partial charge on any atom is 0.156 e. The highest BCUT2D eigenvalue weighted by atomic mass is 127. The van der Waals surface area contributed by atoms with E-state index in [4.69, 9.17) is 11.6 Å². The Labute approximate surface area is 104 Å². The molecule has 0 saturated carbocycles. The van der Waals surface area contributed by atoms with Crippen molar-refractivity contribution in [2.75, 3.05) is 0 Å². The molecular weight excluding hydrogens is 324 g/mol. The van der Waals surface area contributed by atoms with Gasteiger partial charge in [-0.2, -0.15) is 0 Å². The zero-order valence-electron chi connectivity index (χ0n) is 7.46. The molecule has 0 radical (unpaired) electrons. The lowest BCUT2D eigenvalue weighted by Gasteiger charge is -1.91. The zero-order valence-corrected chi connectivity index (χ0v) is 10.4. The van der Waals surface area contributed by atoms with Gasteiger partial charge in [-0.15, -0.1) is 0 Å². The first-order valence-corrected chi connectivity index (χ1v) is 5.79. The molecule has 0 spiro atoms. The molecule has 0 aliphatic heterocycles. The number of fused-ring (bicyclic) bond motifs is 3. The Morgan fingerprint density at radius 1 is 1.27 bits per heavy atom. The summed E-state index contributed by atoms with van der Waals surface area (Å²) in [6.07, 6.45) is 1.48. The number of aromatic nitrogens is 3. The summed E-state index contributed by atoms with van der Waals surface area (Å²) < 4.78 is 1.18. The van der Waals surface area contributed by atoms with Crippen molar-refractivity contribution < 1.29 is 0 Å². The molecule has 0 atom stereocenters. The van der Waals surface area contributed by atoms with Crippen LogP contribution in [-0.2, 0) is 0 Å². The second-order valence-electron chi connectivity index (χ2n) is 3.20. The molecule has 5 heteroatoms. The Morgan fingerprint density at radius 3 is 3.00 bits per heavy atom. The number of nitrogens with one attached hydrogen (secondary N) is 1. The summed E-state index contributed by atoms with van der Waals surface area (Å²) in [5.41, 5.74) is 2.72. The highest BCUT2D eigenvalue weighted by Crippen LogP contribution is 2.27. The standard InChI is InChI=1S/C10H5ClIN3/c11-10-9-8(13-4-14-10)6-3-5(12)1-2-7(6)15-9/h1-4,15H. The van der Waals surface area contributed by atoms with Crippen molar-refractivity contribution in [1.29, 1.82) is 0 Å². The number of halogens is 2. The van der Waals surface area contributed by atoms with Crippen LogP contribution in [-0.4, -0.2) is 15.0 Å². The molecule has 0 bridgehead atoms. The minimum Gasteiger partial charge on any atom is -0.351 e. The van der Waals surface area contributed by atoms with Gasteiger partial charge in [0.15, 0.2) is 5.15 Å². The van der Waals surface area contributed by atoms with Crippen LogP contribution in [0.25, 0.3) is 21.9 Å². The fourth-order valence-electron chi connectivity index (χ4n) is 1.64. The maximum atomic E-state index is 5.98. The topological polar surface area (TPSA) is 41.6 Å². The van der Waals surface area contributed by atoms with Gasteiger partial charge in [-0.05, 0) is 40.8 Å². The summed E-state index contributed by atoms with van der Waals surface area (Å²) in [5, 5.41) is 1.55. The Balaban J connectivity index is 2.58. The number of hydrogen-bond donors (Lipinski definition) is 1. The van der Waals surface area contributed by atoms with Gasteiger partial charge in [0.1, 0.15) is 17.4 Å². The molecule has 0 saturated heterocycles. The smallest absolute Gasteiger partial charge is 0.156 e. The molecule has 3 nitrogen and oxygen atoms in total. The predicted octanol–water partition coefficient (Wildman–Crippen LogP) is 3.37. The quantitative estimate of drug-likeness (QED) is 0.507. The van der Waals surface area contributed by atoms with Crippen molar-refractivity contribution in [3.8, 4) is 0 Å². The van der Waals surface area contributed by atoms with E-state index in [1.54, 1.807) is 0 Å². The van der Waals surface area contributed by atoms with Crippen molar-refractivity contribution in [2.45, 2.75) is 0 Å². The van der Waals surface area contributed by atoms with Crippen LogP contribution in [0.4, 0.5) is 0 Å². The van der Waals surface area contributed by atoms with E-state index < -0.39 is 0 Å². The summed E-state index contributed by atoms with van der Waals surface area (Å²) in [6.45, 7) is 0. The summed E-state index contributed by atoms with van der Waals surface area (Å²) in [5.74, 6) is 0. The minimum absolute atomic E-state index is 0.464. The van der Waals surface area contributed by atoms with Crippen LogP contribution < -0.4 is 0 Å². The molecule has 3 aromatic rings. The number of aromatic amines is 1. The first kappa shape index (κ1) is 9.35. The maximum absolute atomic E-state index is 5.98. The second-order valence-corrected chi connectivity index (χ2v) is 4.81. The van der Waals surface area contributed by atoms with Crippen LogP contribution >= 0.6 is 34.2 Å². The van der Waals surface area contributed by atoms with Gasteiger partial charge >= 0.3 is 0 Å². The summed E-state index contributed by atoms with van der Waals surface area (Å²) in [4.78, 5) is 11.4. The number of H-pyrrole nitrogens is 1. The average Bonchev–Trinajstić information content (AvgIpc) is 2.58. The van der Waals surface area contributed by atoms with Gasteiger partial charge in [0.25, 0.3) is 0 Å². The van der Waals surface area contributed by atoms with E-state index in [1.807, 2.05) is 12.1 Å². The van der Waals surface area contributed by atoms with Crippen molar-refractivity contribution in [3.05, 3.63) is 33.2 Å². The summed E-state index contributed by atoms with van der Waals surface area (Å²) in [6, 6.07) is 6.15. The molecule has 0 aliphatic carbocycles. The molecule has 2 heterocycles. The minimum atomic E-state index is 0.464.